The van der Waals surface area contributed by atoms with Crippen molar-refractivity contribution in [2.24, 2.45) is 0 Å². The van der Waals surface area contributed by atoms with Crippen LogP contribution in [0.25, 0.3) is 0 Å². The van der Waals surface area contributed by atoms with Gasteiger partial charge in [-0.05, 0) is 12.8 Å². The van der Waals surface area contributed by atoms with Crippen LogP contribution in [0.2, 0.25) is 5.02 Å². The third-order valence-corrected chi connectivity index (χ3v) is 3.05. The van der Waals surface area contributed by atoms with Gasteiger partial charge in [-0.15, -0.1) is 0 Å². The van der Waals surface area contributed by atoms with Crippen LogP contribution in [-0.4, -0.2) is 32.7 Å². The van der Waals surface area contributed by atoms with Crippen molar-refractivity contribution in [3.8, 4) is 0 Å². The summed E-state index contributed by atoms with van der Waals surface area (Å²) in [5.74, 6) is 0. The van der Waals surface area contributed by atoms with Gasteiger partial charge >= 0.3 is 5.69 Å². The molecule has 0 amide bonds. The summed E-state index contributed by atoms with van der Waals surface area (Å²) in [4.78, 5) is 28.6. The van der Waals surface area contributed by atoms with Crippen LogP contribution in [0.1, 0.15) is 18.5 Å². The Hall–Kier alpha value is -1.11. The third kappa shape index (κ3) is 2.18. The second-order valence-electron chi connectivity index (χ2n) is 3.79. The van der Waals surface area contributed by atoms with Gasteiger partial charge in [0.15, 0.2) is 0 Å². The number of halogens is 1. The molecular formula is C9H12ClN3O3. The molecule has 1 unspecified atom stereocenters. The molecule has 0 aromatic carbocycles. The Labute approximate surface area is 95.9 Å². The number of H-pyrrole nitrogens is 2. The Balaban J connectivity index is 2.27. The van der Waals surface area contributed by atoms with E-state index < -0.39 is 17.5 Å². The van der Waals surface area contributed by atoms with Crippen LogP contribution in [-0.2, 0) is 6.54 Å². The van der Waals surface area contributed by atoms with E-state index in [2.05, 4.69) is 4.98 Å². The van der Waals surface area contributed by atoms with E-state index in [4.69, 9.17) is 11.6 Å². The zero-order chi connectivity index (χ0) is 11.7. The SMILES string of the molecule is O=c1[nH]c(CN2CCCC2O)c(Cl)c(=O)[nH]1. The standard InChI is InChI=1S/C9H12ClN3O3/c10-7-5(11-9(16)12-8(7)15)4-13-3-1-2-6(13)14/h6,14H,1-4H2,(H2,11,12,15,16). The molecule has 0 radical (unpaired) electrons. The highest BCUT2D eigenvalue weighted by Gasteiger charge is 2.23. The number of aliphatic hydroxyl groups excluding tert-OH is 1. The van der Waals surface area contributed by atoms with Gasteiger partial charge in [0.2, 0.25) is 0 Å². The van der Waals surface area contributed by atoms with Crippen molar-refractivity contribution in [2.75, 3.05) is 6.54 Å². The Morgan fingerprint density at radius 3 is 2.81 bits per heavy atom. The molecule has 0 bridgehead atoms. The number of aromatic nitrogens is 2. The maximum Gasteiger partial charge on any atom is 0.326 e. The van der Waals surface area contributed by atoms with E-state index in [-0.39, 0.29) is 11.6 Å². The fraction of sp³-hybridized carbons (Fsp3) is 0.556. The number of nitrogens with one attached hydrogen (secondary N) is 2. The quantitative estimate of drug-likeness (QED) is 0.663. The molecule has 7 heteroatoms. The van der Waals surface area contributed by atoms with Crippen LogP contribution in [0.4, 0.5) is 0 Å². The van der Waals surface area contributed by atoms with Crippen LogP contribution in [0.3, 0.4) is 0 Å². The van der Waals surface area contributed by atoms with Gasteiger partial charge in [-0.25, -0.2) is 4.79 Å². The number of aromatic amines is 2. The van der Waals surface area contributed by atoms with Crippen LogP contribution >= 0.6 is 11.6 Å². The molecule has 3 N–H and O–H groups in total. The minimum Gasteiger partial charge on any atom is -0.378 e. The van der Waals surface area contributed by atoms with Gasteiger partial charge < -0.3 is 10.1 Å². The molecule has 1 aromatic rings. The Morgan fingerprint density at radius 2 is 2.19 bits per heavy atom. The molecule has 1 saturated heterocycles. The molecule has 1 aliphatic heterocycles. The summed E-state index contributed by atoms with van der Waals surface area (Å²) in [6, 6.07) is 0. The minimum atomic E-state index is -0.603. The molecule has 0 saturated carbocycles. The van der Waals surface area contributed by atoms with E-state index in [0.29, 0.717) is 12.1 Å². The monoisotopic (exact) mass is 245 g/mol. The fourth-order valence-corrected chi connectivity index (χ4v) is 1.98. The lowest BCUT2D eigenvalue weighted by molar-refractivity contribution is 0.0319. The zero-order valence-electron chi connectivity index (χ0n) is 8.49. The van der Waals surface area contributed by atoms with Crippen molar-refractivity contribution < 1.29 is 5.11 Å². The molecule has 16 heavy (non-hydrogen) atoms. The number of likely N-dealkylation sites (tertiary alicyclic amines) is 1. The van der Waals surface area contributed by atoms with E-state index in [1.54, 1.807) is 4.90 Å². The first-order valence-corrected chi connectivity index (χ1v) is 5.39. The molecule has 0 spiro atoms. The number of hydrogen-bond donors (Lipinski definition) is 3. The third-order valence-electron chi connectivity index (χ3n) is 2.65. The average molecular weight is 246 g/mol. The molecule has 6 nitrogen and oxygen atoms in total. The molecule has 2 rings (SSSR count). The predicted octanol–water partition coefficient (Wildman–Crippen LogP) is -0.369. The summed E-state index contributed by atoms with van der Waals surface area (Å²) in [5.41, 5.74) is -0.844. The lowest BCUT2D eigenvalue weighted by Gasteiger charge is -2.19. The van der Waals surface area contributed by atoms with Crippen LogP contribution in [0.15, 0.2) is 9.59 Å². The number of hydrogen-bond acceptors (Lipinski definition) is 4. The van der Waals surface area contributed by atoms with Gasteiger partial charge in [0, 0.05) is 13.1 Å². The van der Waals surface area contributed by atoms with Gasteiger partial charge in [0.25, 0.3) is 5.56 Å². The zero-order valence-corrected chi connectivity index (χ0v) is 9.25. The van der Waals surface area contributed by atoms with Crippen LogP contribution in [0, 0.1) is 0 Å². The summed E-state index contributed by atoms with van der Waals surface area (Å²) < 4.78 is 0. The topological polar surface area (TPSA) is 89.2 Å². The molecule has 88 valence electrons. The Morgan fingerprint density at radius 1 is 1.44 bits per heavy atom. The van der Waals surface area contributed by atoms with Crippen LogP contribution < -0.4 is 11.2 Å². The van der Waals surface area contributed by atoms with Crippen molar-refractivity contribution in [1.29, 1.82) is 0 Å². The number of rotatable bonds is 2. The molecule has 0 aliphatic carbocycles. The highest BCUT2D eigenvalue weighted by molar-refractivity contribution is 6.30. The minimum absolute atomic E-state index is 0.0290. The van der Waals surface area contributed by atoms with Gasteiger partial charge in [-0.2, -0.15) is 0 Å². The predicted molar refractivity (Wildman–Crippen MR) is 58.3 cm³/mol. The van der Waals surface area contributed by atoms with Crippen molar-refractivity contribution in [3.05, 3.63) is 31.6 Å². The number of aliphatic hydroxyl groups is 1. The van der Waals surface area contributed by atoms with Crippen molar-refractivity contribution in [2.45, 2.75) is 25.6 Å². The van der Waals surface area contributed by atoms with E-state index in [1.165, 1.54) is 0 Å². The van der Waals surface area contributed by atoms with Gasteiger partial charge in [0.05, 0.1) is 5.69 Å². The number of nitrogens with zero attached hydrogens (tertiary/aromatic N) is 1. The Bertz CT molecular complexity index is 496. The molecule has 1 aromatic heterocycles. The first-order valence-electron chi connectivity index (χ1n) is 5.01. The van der Waals surface area contributed by atoms with Crippen LogP contribution in [0.5, 0.6) is 0 Å². The Kier molecular flexibility index (Phi) is 3.13. The van der Waals surface area contributed by atoms with Gasteiger partial charge in [-0.1, -0.05) is 11.6 Å². The van der Waals surface area contributed by atoms with Crippen molar-refractivity contribution in [3.63, 3.8) is 0 Å². The normalized spacial score (nSPS) is 21.5. The first-order chi connectivity index (χ1) is 7.58. The molecular weight excluding hydrogens is 234 g/mol. The average Bonchev–Trinajstić information content (AvgIpc) is 2.60. The summed E-state index contributed by atoms with van der Waals surface area (Å²) in [7, 11) is 0. The van der Waals surface area contributed by atoms with Gasteiger partial charge in [0.1, 0.15) is 11.3 Å². The lowest BCUT2D eigenvalue weighted by atomic mass is 10.3. The second-order valence-corrected chi connectivity index (χ2v) is 4.17. The molecule has 1 fully saturated rings. The molecule has 1 atom stereocenters. The summed E-state index contributed by atoms with van der Waals surface area (Å²) in [5, 5.41) is 9.56. The first kappa shape index (κ1) is 11.4. The van der Waals surface area contributed by atoms with E-state index in [0.717, 1.165) is 13.0 Å². The highest BCUT2D eigenvalue weighted by atomic mass is 35.5. The fourth-order valence-electron chi connectivity index (χ4n) is 1.82. The second kappa shape index (κ2) is 4.40. The highest BCUT2D eigenvalue weighted by Crippen LogP contribution is 2.18. The molecule has 1 aliphatic rings. The lowest BCUT2D eigenvalue weighted by Crippen LogP contribution is -2.32. The molecule has 2 heterocycles. The largest absolute Gasteiger partial charge is 0.378 e. The van der Waals surface area contributed by atoms with E-state index in [1.807, 2.05) is 4.98 Å². The van der Waals surface area contributed by atoms with Crippen molar-refractivity contribution in [1.82, 2.24) is 14.9 Å². The maximum absolute atomic E-state index is 11.2. The smallest absolute Gasteiger partial charge is 0.326 e. The summed E-state index contributed by atoms with van der Waals surface area (Å²) >= 11 is 5.77. The van der Waals surface area contributed by atoms with E-state index >= 15 is 0 Å². The van der Waals surface area contributed by atoms with E-state index in [9.17, 15) is 14.7 Å². The van der Waals surface area contributed by atoms with Crippen molar-refractivity contribution >= 4 is 11.6 Å². The van der Waals surface area contributed by atoms with Gasteiger partial charge in [-0.3, -0.25) is 14.7 Å². The maximum atomic E-state index is 11.2. The summed E-state index contributed by atoms with van der Waals surface area (Å²) in [6.07, 6.45) is 1.07. The summed E-state index contributed by atoms with van der Waals surface area (Å²) in [6.45, 7) is 1.01.